The van der Waals surface area contributed by atoms with E-state index >= 15 is 0 Å². The number of thiazole rings is 1. The molecule has 0 fully saturated rings. The summed E-state index contributed by atoms with van der Waals surface area (Å²) < 4.78 is 17.8. The van der Waals surface area contributed by atoms with Crippen LogP contribution in [-0.2, 0) is 11.2 Å². The van der Waals surface area contributed by atoms with Crippen LogP contribution in [-0.4, -0.2) is 30.2 Å². The van der Waals surface area contributed by atoms with Crippen LogP contribution >= 0.6 is 11.3 Å². The Balaban J connectivity index is 1.42. The number of amides is 1. The summed E-state index contributed by atoms with van der Waals surface area (Å²) in [5.41, 5.74) is 1.65. The van der Waals surface area contributed by atoms with Gasteiger partial charge in [0.1, 0.15) is 11.4 Å². The van der Waals surface area contributed by atoms with E-state index in [1.165, 1.54) is 11.3 Å². The number of methoxy groups -OCH3 is 1. The topological polar surface area (TPSA) is 69.7 Å². The second kappa shape index (κ2) is 6.74. The van der Waals surface area contributed by atoms with Gasteiger partial charge >= 0.3 is 0 Å². The molecule has 0 aliphatic carbocycles. The molecule has 0 spiro atoms. The molecule has 2 aromatic carbocycles. The van der Waals surface area contributed by atoms with E-state index in [-0.39, 0.29) is 18.1 Å². The van der Waals surface area contributed by atoms with Gasteiger partial charge < -0.3 is 14.2 Å². The van der Waals surface area contributed by atoms with Crippen LogP contribution in [0.3, 0.4) is 0 Å². The van der Waals surface area contributed by atoms with Crippen molar-refractivity contribution in [2.45, 2.75) is 25.9 Å². The molecule has 3 aromatic rings. The van der Waals surface area contributed by atoms with Gasteiger partial charge in [0.25, 0.3) is 5.91 Å². The maximum Gasteiger partial charge on any atom is 0.264 e. The summed E-state index contributed by atoms with van der Waals surface area (Å²) in [4.78, 5) is 16.7. The molecule has 27 heavy (non-hydrogen) atoms. The number of hydrogen-bond donors (Lipinski definition) is 1. The summed E-state index contributed by atoms with van der Waals surface area (Å²) in [5, 5.41) is 3.32. The zero-order valence-corrected chi connectivity index (χ0v) is 16.2. The Labute approximate surface area is 161 Å². The number of aromatic nitrogens is 1. The first kappa shape index (κ1) is 17.6. The molecule has 1 amide bonds. The molecule has 0 unspecified atom stereocenters. The van der Waals surface area contributed by atoms with Crippen molar-refractivity contribution in [3.63, 3.8) is 0 Å². The fourth-order valence-corrected chi connectivity index (χ4v) is 4.00. The Morgan fingerprint density at radius 1 is 1.33 bits per heavy atom. The third-order valence-corrected chi connectivity index (χ3v) is 5.19. The number of nitrogens with zero attached hydrogens (tertiary/aromatic N) is 1. The number of ether oxygens (including phenoxy) is 3. The highest BCUT2D eigenvalue weighted by atomic mass is 32.1. The summed E-state index contributed by atoms with van der Waals surface area (Å²) in [6.07, 6.45) is 0.820. The molecule has 4 rings (SSSR count). The highest BCUT2D eigenvalue weighted by Crippen LogP contribution is 2.41. The second-order valence-electron chi connectivity index (χ2n) is 6.97. The zero-order chi connectivity index (χ0) is 19.0. The molecule has 1 N–H and O–H groups in total. The van der Waals surface area contributed by atoms with E-state index in [0.29, 0.717) is 10.9 Å². The van der Waals surface area contributed by atoms with Crippen LogP contribution in [0.5, 0.6) is 17.2 Å². The van der Waals surface area contributed by atoms with Gasteiger partial charge in [0.15, 0.2) is 23.2 Å². The lowest BCUT2D eigenvalue weighted by Gasteiger charge is -2.18. The van der Waals surface area contributed by atoms with Crippen LogP contribution < -0.4 is 19.5 Å². The third-order valence-electron chi connectivity index (χ3n) is 4.26. The van der Waals surface area contributed by atoms with Crippen molar-refractivity contribution in [1.82, 2.24) is 4.98 Å². The van der Waals surface area contributed by atoms with Crippen molar-refractivity contribution < 1.29 is 19.0 Å². The highest BCUT2D eigenvalue weighted by molar-refractivity contribution is 7.22. The summed E-state index contributed by atoms with van der Waals surface area (Å²) in [6.45, 7) is 3.96. The number of carbonyl (C=O) groups excluding carboxylic acids is 1. The molecule has 0 radical (unpaired) electrons. The first-order chi connectivity index (χ1) is 12.9. The van der Waals surface area contributed by atoms with Gasteiger partial charge in [-0.25, -0.2) is 4.98 Å². The molecule has 1 aliphatic rings. The minimum Gasteiger partial charge on any atom is -0.497 e. The number of hydrogen-bond acceptors (Lipinski definition) is 6. The Hall–Kier alpha value is -2.80. The summed E-state index contributed by atoms with van der Waals surface area (Å²) in [5.74, 6) is 1.80. The third kappa shape index (κ3) is 3.68. The number of fused-ring (bicyclic) bond motifs is 2. The lowest BCUT2D eigenvalue weighted by Crippen LogP contribution is -2.25. The van der Waals surface area contributed by atoms with Gasteiger partial charge in [-0.15, -0.1) is 0 Å². The standard InChI is InChI=1S/C20H20N2O4S/c1-20(2)10-12-5-4-6-15(18(12)26-20)25-11-17(23)22-19-21-14-8-7-13(24-3)9-16(14)27-19/h4-9H,10-11H2,1-3H3,(H,21,22,23). The van der Waals surface area contributed by atoms with Crippen LogP contribution in [0.15, 0.2) is 36.4 Å². The molecule has 7 heteroatoms. The van der Waals surface area contributed by atoms with E-state index in [9.17, 15) is 4.79 Å². The zero-order valence-electron chi connectivity index (χ0n) is 15.4. The molecular weight excluding hydrogens is 364 g/mol. The van der Waals surface area contributed by atoms with Gasteiger partial charge in [-0.3, -0.25) is 10.1 Å². The van der Waals surface area contributed by atoms with Crippen molar-refractivity contribution in [2.75, 3.05) is 19.0 Å². The first-order valence-electron chi connectivity index (χ1n) is 8.62. The minimum atomic E-state index is -0.268. The van der Waals surface area contributed by atoms with Gasteiger partial charge in [-0.05, 0) is 38.1 Å². The molecule has 0 bridgehead atoms. The quantitative estimate of drug-likeness (QED) is 0.719. The minimum absolute atomic E-state index is 0.112. The molecule has 0 atom stereocenters. The summed E-state index contributed by atoms with van der Waals surface area (Å²) in [7, 11) is 1.62. The summed E-state index contributed by atoms with van der Waals surface area (Å²) in [6, 6.07) is 11.4. The van der Waals surface area contributed by atoms with E-state index in [0.717, 1.165) is 33.7 Å². The highest BCUT2D eigenvalue weighted by Gasteiger charge is 2.32. The van der Waals surface area contributed by atoms with Gasteiger partial charge in [-0.2, -0.15) is 0 Å². The van der Waals surface area contributed by atoms with Crippen LogP contribution in [0, 0.1) is 0 Å². The lowest BCUT2D eigenvalue weighted by atomic mass is 10.0. The SMILES string of the molecule is COc1ccc2nc(NC(=O)COc3cccc4c3OC(C)(C)C4)sc2c1. The van der Waals surface area contributed by atoms with E-state index in [2.05, 4.69) is 10.3 Å². The molecule has 1 aliphatic heterocycles. The Morgan fingerprint density at radius 3 is 3.00 bits per heavy atom. The van der Waals surface area contributed by atoms with E-state index in [1.54, 1.807) is 7.11 Å². The van der Waals surface area contributed by atoms with Crippen molar-refractivity contribution in [2.24, 2.45) is 0 Å². The average molecular weight is 384 g/mol. The Morgan fingerprint density at radius 2 is 2.19 bits per heavy atom. The monoisotopic (exact) mass is 384 g/mol. The van der Waals surface area contributed by atoms with Gasteiger partial charge in [-0.1, -0.05) is 23.5 Å². The molecule has 6 nitrogen and oxygen atoms in total. The molecule has 140 valence electrons. The van der Waals surface area contributed by atoms with Crippen molar-refractivity contribution in [3.8, 4) is 17.2 Å². The number of anilines is 1. The van der Waals surface area contributed by atoms with Gasteiger partial charge in [0, 0.05) is 12.0 Å². The maximum atomic E-state index is 12.3. The van der Waals surface area contributed by atoms with Crippen LogP contribution in [0.1, 0.15) is 19.4 Å². The van der Waals surface area contributed by atoms with E-state index in [4.69, 9.17) is 14.2 Å². The predicted octanol–water partition coefficient (Wildman–Crippen LogP) is 4.04. The van der Waals surface area contributed by atoms with Gasteiger partial charge in [0.05, 0.1) is 17.3 Å². The normalized spacial score (nSPS) is 14.5. The number of carbonyl (C=O) groups is 1. The second-order valence-corrected chi connectivity index (χ2v) is 8.00. The van der Waals surface area contributed by atoms with E-state index in [1.807, 2.05) is 50.2 Å². The molecular formula is C20H20N2O4S. The van der Waals surface area contributed by atoms with Crippen LogP contribution in [0.25, 0.3) is 10.2 Å². The molecule has 0 saturated carbocycles. The van der Waals surface area contributed by atoms with Gasteiger partial charge in [0.2, 0.25) is 0 Å². The predicted molar refractivity (Wildman–Crippen MR) is 105 cm³/mol. The van der Waals surface area contributed by atoms with E-state index < -0.39 is 0 Å². The van der Waals surface area contributed by atoms with Crippen molar-refractivity contribution >= 4 is 32.6 Å². The molecule has 0 saturated heterocycles. The Kier molecular flexibility index (Phi) is 4.39. The fourth-order valence-electron chi connectivity index (χ4n) is 3.09. The van der Waals surface area contributed by atoms with Crippen molar-refractivity contribution in [1.29, 1.82) is 0 Å². The average Bonchev–Trinajstić information content (AvgIpc) is 3.17. The lowest BCUT2D eigenvalue weighted by molar-refractivity contribution is -0.118. The number of nitrogens with one attached hydrogen (secondary N) is 1. The number of benzene rings is 2. The maximum absolute atomic E-state index is 12.3. The van der Waals surface area contributed by atoms with Crippen molar-refractivity contribution in [3.05, 3.63) is 42.0 Å². The van der Waals surface area contributed by atoms with Crippen LogP contribution in [0.4, 0.5) is 5.13 Å². The Bertz CT molecular complexity index is 1010. The first-order valence-corrected chi connectivity index (χ1v) is 9.43. The largest absolute Gasteiger partial charge is 0.497 e. The smallest absolute Gasteiger partial charge is 0.264 e. The molecule has 2 heterocycles. The van der Waals surface area contributed by atoms with Crippen LogP contribution in [0.2, 0.25) is 0 Å². The fraction of sp³-hybridized carbons (Fsp3) is 0.300. The summed E-state index contributed by atoms with van der Waals surface area (Å²) >= 11 is 1.39. The molecule has 1 aromatic heterocycles. The number of para-hydroxylation sites is 1. The number of rotatable bonds is 5.